The monoisotopic (exact) mass is 311 g/mol. The number of nitrogens with one attached hydrogen (secondary N) is 1. The quantitative estimate of drug-likeness (QED) is 0.837. The number of thiocarbonyl (C=S) groups is 1. The molecule has 1 aliphatic rings. The van der Waals surface area contributed by atoms with Crippen LogP contribution in [0.3, 0.4) is 0 Å². The van der Waals surface area contributed by atoms with Crippen molar-refractivity contribution in [1.29, 1.82) is 0 Å². The minimum atomic E-state index is -1.14. The van der Waals surface area contributed by atoms with Crippen LogP contribution in [-0.4, -0.2) is 33.1 Å². The summed E-state index contributed by atoms with van der Waals surface area (Å²) in [5.41, 5.74) is 0.929. The fourth-order valence-corrected chi connectivity index (χ4v) is 5.01. The zero-order valence-corrected chi connectivity index (χ0v) is 12.9. The van der Waals surface area contributed by atoms with Gasteiger partial charge in [0, 0.05) is 23.6 Å². The Labute approximate surface area is 126 Å². The minimum absolute atomic E-state index is 0.198. The first-order valence-electron chi connectivity index (χ1n) is 6.47. The molecule has 1 fully saturated rings. The summed E-state index contributed by atoms with van der Waals surface area (Å²) in [6.45, 7) is 0. The lowest BCUT2D eigenvalue weighted by molar-refractivity contribution is 0.0696. The summed E-state index contributed by atoms with van der Waals surface area (Å²) in [5.74, 6) is -0.391. The van der Waals surface area contributed by atoms with Crippen molar-refractivity contribution < 1.29 is 14.1 Å². The van der Waals surface area contributed by atoms with Gasteiger partial charge in [-0.2, -0.15) is 0 Å². The molecule has 1 aromatic carbocycles. The van der Waals surface area contributed by atoms with E-state index in [0.29, 0.717) is 17.2 Å². The number of aromatic carboxylic acids is 1. The second-order valence-corrected chi connectivity index (χ2v) is 7.00. The molecule has 2 atom stereocenters. The van der Waals surface area contributed by atoms with E-state index in [0.717, 1.165) is 18.4 Å². The van der Waals surface area contributed by atoms with Crippen molar-refractivity contribution in [3.63, 3.8) is 0 Å². The number of hydrogen-bond donors (Lipinski definition) is 2. The lowest BCUT2D eigenvalue weighted by Crippen LogP contribution is -2.48. The van der Waals surface area contributed by atoms with E-state index in [4.69, 9.17) is 17.3 Å². The third kappa shape index (κ3) is 2.50. The largest absolute Gasteiger partial charge is 0.478 e. The van der Waals surface area contributed by atoms with Crippen LogP contribution in [0.1, 0.15) is 35.2 Å². The predicted octanol–water partition coefficient (Wildman–Crippen LogP) is 2.06. The molecule has 2 N–H and O–H groups in total. The molecule has 20 heavy (non-hydrogen) atoms. The van der Waals surface area contributed by atoms with Gasteiger partial charge in [-0.25, -0.2) is 4.79 Å². The summed E-state index contributed by atoms with van der Waals surface area (Å²) < 4.78 is 11.9. The van der Waals surface area contributed by atoms with Crippen molar-refractivity contribution in [3.8, 4) is 0 Å². The second-order valence-electron chi connectivity index (χ2n) is 4.80. The molecule has 0 saturated carbocycles. The third-order valence-electron chi connectivity index (χ3n) is 3.67. The summed E-state index contributed by atoms with van der Waals surface area (Å²) in [5, 5.41) is 12.1. The smallest absolute Gasteiger partial charge is 0.335 e. The maximum absolute atomic E-state index is 12.6. The van der Waals surface area contributed by atoms with Gasteiger partial charge < -0.3 is 10.4 Å². The fraction of sp³-hybridized carbons (Fsp3) is 0.429. The number of carbonyl (C=O) groups is 1. The Morgan fingerprint density at radius 2 is 2.20 bits per heavy atom. The Morgan fingerprint density at radius 3 is 2.80 bits per heavy atom. The summed E-state index contributed by atoms with van der Waals surface area (Å²) >= 11 is 5.40. The van der Waals surface area contributed by atoms with Crippen LogP contribution in [0, 0.1) is 0 Å². The van der Waals surface area contributed by atoms with Crippen LogP contribution in [0.4, 0.5) is 0 Å². The van der Waals surface area contributed by atoms with Crippen molar-refractivity contribution in [1.82, 2.24) is 5.32 Å². The maximum atomic E-state index is 12.6. The van der Waals surface area contributed by atoms with Gasteiger partial charge in [0.15, 0.2) is 0 Å². The Balaban J connectivity index is 2.57. The van der Waals surface area contributed by atoms with E-state index in [1.165, 1.54) is 6.07 Å². The van der Waals surface area contributed by atoms with Crippen LogP contribution in [0.25, 0.3) is 0 Å². The summed E-state index contributed by atoms with van der Waals surface area (Å²) in [4.78, 5) is 11.7. The van der Waals surface area contributed by atoms with E-state index in [1.807, 2.05) is 6.07 Å². The highest BCUT2D eigenvalue weighted by Gasteiger charge is 2.44. The first kappa shape index (κ1) is 15.1. The Morgan fingerprint density at radius 1 is 1.45 bits per heavy atom. The number of likely N-dealkylation sites (N-methyl/N-ethyl adjacent to an activating group) is 1. The Bertz CT molecular complexity index is 563. The molecule has 0 unspecified atom stereocenters. The maximum Gasteiger partial charge on any atom is 0.335 e. The van der Waals surface area contributed by atoms with Crippen LogP contribution in [0.5, 0.6) is 0 Å². The summed E-state index contributed by atoms with van der Waals surface area (Å²) in [6, 6.07) is 6.63. The normalized spacial score (nSPS) is 25.9. The highest BCUT2D eigenvalue weighted by atomic mass is 32.2. The molecule has 1 aliphatic heterocycles. The molecule has 4 nitrogen and oxygen atoms in total. The molecule has 108 valence electrons. The first-order chi connectivity index (χ1) is 9.52. The standard InChI is InChI=1S/C14H17NO3S2/c1-15-13(19)14(7-2-3-8-20(14)18)11-6-4-5-10(9-11)12(16)17/h4-6,9H,2-3,7-8H2,1H3,(H,15,19)(H,16,17)/t14-,20-/m1/s1. The topological polar surface area (TPSA) is 66.4 Å². The fourth-order valence-electron chi connectivity index (χ4n) is 2.62. The van der Waals surface area contributed by atoms with E-state index in [9.17, 15) is 9.00 Å². The molecule has 2 rings (SSSR count). The van der Waals surface area contributed by atoms with Gasteiger partial charge in [0.1, 0.15) is 4.75 Å². The van der Waals surface area contributed by atoms with E-state index in [1.54, 1.807) is 19.2 Å². The molecule has 0 amide bonds. The molecular weight excluding hydrogens is 294 g/mol. The van der Waals surface area contributed by atoms with Crippen molar-refractivity contribution in [3.05, 3.63) is 35.4 Å². The molecule has 1 saturated heterocycles. The first-order valence-corrected chi connectivity index (χ1v) is 8.19. The van der Waals surface area contributed by atoms with Gasteiger partial charge in [-0.15, -0.1) is 0 Å². The van der Waals surface area contributed by atoms with Gasteiger partial charge in [0.25, 0.3) is 0 Å². The number of hydrogen-bond acceptors (Lipinski definition) is 3. The van der Waals surface area contributed by atoms with Gasteiger partial charge in [-0.1, -0.05) is 30.8 Å². The predicted molar refractivity (Wildman–Crippen MR) is 83.6 cm³/mol. The molecule has 0 aliphatic carbocycles. The van der Waals surface area contributed by atoms with E-state index < -0.39 is 21.5 Å². The van der Waals surface area contributed by atoms with Crippen LogP contribution >= 0.6 is 12.2 Å². The highest BCUT2D eigenvalue weighted by molar-refractivity contribution is 7.90. The van der Waals surface area contributed by atoms with Gasteiger partial charge in [-0.05, 0) is 30.5 Å². The third-order valence-corrected chi connectivity index (χ3v) is 6.43. The summed E-state index contributed by atoms with van der Waals surface area (Å²) in [7, 11) is 0.583. The van der Waals surface area contributed by atoms with E-state index >= 15 is 0 Å². The van der Waals surface area contributed by atoms with Crippen LogP contribution < -0.4 is 5.32 Å². The molecule has 0 aromatic heterocycles. The molecule has 0 bridgehead atoms. The van der Waals surface area contributed by atoms with Crippen LogP contribution in [0.2, 0.25) is 0 Å². The van der Waals surface area contributed by atoms with Gasteiger partial charge in [0.05, 0.1) is 10.6 Å². The van der Waals surface area contributed by atoms with Crippen molar-refractivity contribution in [2.45, 2.75) is 24.0 Å². The zero-order chi connectivity index (χ0) is 14.8. The number of rotatable bonds is 3. The van der Waals surface area contributed by atoms with Crippen molar-refractivity contribution in [2.24, 2.45) is 0 Å². The highest BCUT2D eigenvalue weighted by Crippen LogP contribution is 2.39. The SMILES string of the molecule is CNC(=S)[C@]1(c2cccc(C(=O)O)c2)CCCC[S@]1=O. The van der Waals surface area contributed by atoms with Gasteiger partial charge >= 0.3 is 5.97 Å². The lowest BCUT2D eigenvalue weighted by atomic mass is 9.90. The van der Waals surface area contributed by atoms with Gasteiger partial charge in [0.2, 0.25) is 0 Å². The van der Waals surface area contributed by atoms with Gasteiger partial charge in [-0.3, -0.25) is 4.21 Å². The Hall–Kier alpha value is -1.27. The molecule has 0 radical (unpaired) electrons. The average Bonchev–Trinajstić information content (AvgIpc) is 2.47. The zero-order valence-electron chi connectivity index (χ0n) is 11.2. The molecule has 6 heteroatoms. The van der Waals surface area contributed by atoms with E-state index in [-0.39, 0.29) is 5.56 Å². The van der Waals surface area contributed by atoms with Crippen LogP contribution in [-0.2, 0) is 15.5 Å². The number of carboxylic acid groups (broad SMARTS) is 1. The van der Waals surface area contributed by atoms with Crippen LogP contribution in [0.15, 0.2) is 24.3 Å². The van der Waals surface area contributed by atoms with Crippen molar-refractivity contribution >= 4 is 34.0 Å². The Kier molecular flexibility index (Phi) is 4.55. The molecule has 1 heterocycles. The molecule has 0 spiro atoms. The van der Waals surface area contributed by atoms with Crippen molar-refractivity contribution in [2.75, 3.05) is 12.8 Å². The average molecular weight is 311 g/mol. The molecule has 1 aromatic rings. The second kappa shape index (κ2) is 6.01. The molecular formula is C14H17NO3S2. The number of benzene rings is 1. The summed E-state index contributed by atoms with van der Waals surface area (Å²) in [6.07, 6.45) is 2.53. The van der Waals surface area contributed by atoms with E-state index in [2.05, 4.69) is 5.32 Å². The number of carboxylic acids is 1. The lowest BCUT2D eigenvalue weighted by Gasteiger charge is -2.37. The minimum Gasteiger partial charge on any atom is -0.478 e.